The average Bonchev–Trinajstić information content (AvgIpc) is 3.01. The van der Waals surface area contributed by atoms with Crippen LogP contribution in [0, 0.1) is 6.92 Å². The molecule has 0 saturated heterocycles. The van der Waals surface area contributed by atoms with Gasteiger partial charge in [0.25, 0.3) is 0 Å². The van der Waals surface area contributed by atoms with Crippen LogP contribution in [0.3, 0.4) is 0 Å². The molecule has 3 rings (SSSR count). The van der Waals surface area contributed by atoms with E-state index in [2.05, 4.69) is 61.5 Å². The van der Waals surface area contributed by atoms with Crippen molar-refractivity contribution in [2.45, 2.75) is 50.5 Å². The molecule has 1 atom stereocenters. The molecule has 0 heterocycles. The summed E-state index contributed by atoms with van der Waals surface area (Å²) in [4.78, 5) is 0. The highest BCUT2D eigenvalue weighted by Crippen LogP contribution is 2.44. The highest BCUT2D eigenvalue weighted by molar-refractivity contribution is 5.32. The summed E-state index contributed by atoms with van der Waals surface area (Å²) in [6.45, 7) is 2.13. The molecule has 2 aromatic rings. The van der Waals surface area contributed by atoms with Crippen molar-refractivity contribution in [2.75, 3.05) is 0 Å². The minimum Gasteiger partial charge on any atom is -0.392 e. The molecule has 21 heavy (non-hydrogen) atoms. The van der Waals surface area contributed by atoms with E-state index >= 15 is 0 Å². The van der Waals surface area contributed by atoms with Crippen LogP contribution in [0.5, 0.6) is 0 Å². The minimum atomic E-state index is -0.302. The maximum absolute atomic E-state index is 11.0. The van der Waals surface area contributed by atoms with E-state index in [1.807, 2.05) is 0 Å². The summed E-state index contributed by atoms with van der Waals surface area (Å²) in [6, 6.07) is 19.0. The number of benzene rings is 2. The van der Waals surface area contributed by atoms with Gasteiger partial charge < -0.3 is 5.11 Å². The zero-order valence-electron chi connectivity index (χ0n) is 12.8. The van der Waals surface area contributed by atoms with Gasteiger partial charge in [0, 0.05) is 5.41 Å². The van der Waals surface area contributed by atoms with E-state index in [9.17, 15) is 5.11 Å². The van der Waals surface area contributed by atoms with Gasteiger partial charge in [-0.2, -0.15) is 0 Å². The minimum absolute atomic E-state index is 0.0520. The van der Waals surface area contributed by atoms with Gasteiger partial charge in [-0.15, -0.1) is 0 Å². The Morgan fingerprint density at radius 3 is 2.24 bits per heavy atom. The number of rotatable bonds is 4. The number of aryl methyl sites for hydroxylation is 1. The van der Waals surface area contributed by atoms with E-state index in [0.29, 0.717) is 0 Å². The molecule has 0 aromatic heterocycles. The van der Waals surface area contributed by atoms with Crippen molar-refractivity contribution in [3.05, 3.63) is 71.3 Å². The van der Waals surface area contributed by atoms with Crippen LogP contribution in [0.2, 0.25) is 0 Å². The average molecular weight is 280 g/mol. The third kappa shape index (κ3) is 2.75. The van der Waals surface area contributed by atoms with Crippen LogP contribution in [-0.4, -0.2) is 11.2 Å². The first-order valence-corrected chi connectivity index (χ1v) is 8.00. The SMILES string of the molecule is Cc1ccccc1CC(O)C1(c2ccccc2)CCCC1. The molecular weight excluding hydrogens is 256 g/mol. The van der Waals surface area contributed by atoms with E-state index in [1.54, 1.807) is 0 Å². The molecule has 1 heteroatoms. The quantitative estimate of drug-likeness (QED) is 0.879. The smallest absolute Gasteiger partial charge is 0.0677 e. The fraction of sp³-hybridized carbons (Fsp3) is 0.400. The van der Waals surface area contributed by atoms with Crippen LogP contribution >= 0.6 is 0 Å². The van der Waals surface area contributed by atoms with Gasteiger partial charge in [-0.25, -0.2) is 0 Å². The lowest BCUT2D eigenvalue weighted by molar-refractivity contribution is 0.0824. The molecule has 1 nitrogen and oxygen atoms in total. The Kier molecular flexibility index (Phi) is 4.12. The molecule has 2 aromatic carbocycles. The number of hydrogen-bond acceptors (Lipinski definition) is 1. The van der Waals surface area contributed by atoms with Crippen molar-refractivity contribution in [2.24, 2.45) is 0 Å². The maximum atomic E-state index is 11.0. The molecule has 1 saturated carbocycles. The Morgan fingerprint density at radius 1 is 0.952 bits per heavy atom. The van der Waals surface area contributed by atoms with Gasteiger partial charge in [-0.1, -0.05) is 67.4 Å². The molecule has 0 radical (unpaired) electrons. The van der Waals surface area contributed by atoms with Gasteiger partial charge in [0.1, 0.15) is 0 Å². The van der Waals surface area contributed by atoms with Crippen LogP contribution in [-0.2, 0) is 11.8 Å². The topological polar surface area (TPSA) is 20.2 Å². The summed E-state index contributed by atoms with van der Waals surface area (Å²) < 4.78 is 0. The number of aliphatic hydroxyl groups is 1. The fourth-order valence-corrected chi connectivity index (χ4v) is 3.83. The summed E-state index contributed by atoms with van der Waals surface area (Å²) in [6.07, 6.45) is 5.10. The second kappa shape index (κ2) is 6.03. The first-order valence-electron chi connectivity index (χ1n) is 8.00. The Morgan fingerprint density at radius 2 is 1.57 bits per heavy atom. The zero-order chi connectivity index (χ0) is 14.7. The van der Waals surface area contributed by atoms with Crippen LogP contribution in [0.1, 0.15) is 42.4 Å². The van der Waals surface area contributed by atoms with Crippen molar-refractivity contribution < 1.29 is 5.11 Å². The third-order valence-corrected chi connectivity index (χ3v) is 5.16. The van der Waals surface area contributed by atoms with Crippen LogP contribution in [0.4, 0.5) is 0 Å². The number of hydrogen-bond donors (Lipinski definition) is 1. The standard InChI is InChI=1S/C20H24O/c1-16-9-5-6-10-17(16)15-19(21)20(13-7-8-14-20)18-11-3-2-4-12-18/h2-6,9-12,19,21H,7-8,13-15H2,1H3. The highest BCUT2D eigenvalue weighted by Gasteiger charge is 2.41. The number of aliphatic hydroxyl groups excluding tert-OH is 1. The molecule has 1 fully saturated rings. The second-order valence-electron chi connectivity index (χ2n) is 6.38. The summed E-state index contributed by atoms with van der Waals surface area (Å²) in [7, 11) is 0. The van der Waals surface area contributed by atoms with E-state index in [1.165, 1.54) is 29.5 Å². The normalized spacial score (nSPS) is 18.6. The third-order valence-electron chi connectivity index (χ3n) is 5.16. The second-order valence-corrected chi connectivity index (χ2v) is 6.38. The molecule has 1 unspecified atom stereocenters. The van der Waals surface area contributed by atoms with Gasteiger partial charge >= 0.3 is 0 Å². The first-order chi connectivity index (χ1) is 10.2. The van der Waals surface area contributed by atoms with Gasteiger partial charge in [0.2, 0.25) is 0 Å². The van der Waals surface area contributed by atoms with Gasteiger partial charge in [0.15, 0.2) is 0 Å². The molecule has 1 aliphatic carbocycles. The monoisotopic (exact) mass is 280 g/mol. The molecule has 0 aliphatic heterocycles. The van der Waals surface area contributed by atoms with Crippen molar-refractivity contribution in [3.8, 4) is 0 Å². The molecular formula is C20H24O. The first kappa shape index (κ1) is 14.3. The van der Waals surface area contributed by atoms with Gasteiger partial charge in [0.05, 0.1) is 6.10 Å². The summed E-state index contributed by atoms with van der Waals surface area (Å²) in [5, 5.41) is 11.0. The largest absolute Gasteiger partial charge is 0.392 e. The Bertz CT molecular complexity index is 582. The van der Waals surface area contributed by atoms with Crippen molar-refractivity contribution in [1.29, 1.82) is 0 Å². The van der Waals surface area contributed by atoms with Gasteiger partial charge in [-0.05, 0) is 42.9 Å². The zero-order valence-corrected chi connectivity index (χ0v) is 12.8. The lowest BCUT2D eigenvalue weighted by Crippen LogP contribution is -2.38. The molecule has 1 N–H and O–H groups in total. The van der Waals surface area contributed by atoms with Crippen LogP contribution < -0.4 is 0 Å². The Hall–Kier alpha value is -1.60. The van der Waals surface area contributed by atoms with Crippen LogP contribution in [0.15, 0.2) is 54.6 Å². The lowest BCUT2D eigenvalue weighted by Gasteiger charge is -2.35. The fourth-order valence-electron chi connectivity index (χ4n) is 3.83. The maximum Gasteiger partial charge on any atom is 0.0677 e. The Labute approximate surface area is 127 Å². The Balaban J connectivity index is 1.90. The predicted molar refractivity (Wildman–Crippen MR) is 87.5 cm³/mol. The predicted octanol–water partition coefficient (Wildman–Crippen LogP) is 4.41. The van der Waals surface area contributed by atoms with E-state index in [0.717, 1.165) is 19.3 Å². The molecule has 1 aliphatic rings. The molecule has 0 amide bonds. The molecule has 110 valence electrons. The van der Waals surface area contributed by atoms with E-state index in [4.69, 9.17) is 0 Å². The van der Waals surface area contributed by atoms with Crippen LogP contribution in [0.25, 0.3) is 0 Å². The van der Waals surface area contributed by atoms with Crippen molar-refractivity contribution in [1.82, 2.24) is 0 Å². The van der Waals surface area contributed by atoms with Crippen molar-refractivity contribution in [3.63, 3.8) is 0 Å². The van der Waals surface area contributed by atoms with Crippen molar-refractivity contribution >= 4 is 0 Å². The summed E-state index contributed by atoms with van der Waals surface area (Å²) in [5.41, 5.74) is 3.80. The molecule has 0 bridgehead atoms. The summed E-state index contributed by atoms with van der Waals surface area (Å²) in [5.74, 6) is 0. The highest BCUT2D eigenvalue weighted by atomic mass is 16.3. The van der Waals surface area contributed by atoms with Gasteiger partial charge in [-0.3, -0.25) is 0 Å². The molecule has 0 spiro atoms. The summed E-state index contributed by atoms with van der Waals surface area (Å²) >= 11 is 0. The lowest BCUT2D eigenvalue weighted by atomic mass is 9.72. The van der Waals surface area contributed by atoms with E-state index in [-0.39, 0.29) is 11.5 Å². The van der Waals surface area contributed by atoms with E-state index < -0.39 is 0 Å².